The van der Waals surface area contributed by atoms with Crippen LogP contribution >= 0.6 is 11.3 Å². The third kappa shape index (κ3) is 3.41. The molecule has 3 aromatic rings. The lowest BCUT2D eigenvalue weighted by atomic mass is 10.0. The smallest absolute Gasteiger partial charge is 0.264 e. The van der Waals surface area contributed by atoms with Crippen molar-refractivity contribution in [2.75, 3.05) is 24.5 Å². The van der Waals surface area contributed by atoms with Crippen LogP contribution in [0.3, 0.4) is 0 Å². The molecule has 0 N–H and O–H groups in total. The summed E-state index contributed by atoms with van der Waals surface area (Å²) in [7, 11) is 0. The summed E-state index contributed by atoms with van der Waals surface area (Å²) in [4.78, 5) is 26.7. The fourth-order valence-electron chi connectivity index (χ4n) is 3.77. The topological polar surface area (TPSA) is 75.4 Å². The van der Waals surface area contributed by atoms with Gasteiger partial charge in [0.1, 0.15) is 17.5 Å². The van der Waals surface area contributed by atoms with Gasteiger partial charge in [0, 0.05) is 25.7 Å². The monoisotopic (exact) mass is 385 g/mol. The molecule has 0 radical (unpaired) electrons. The zero-order chi connectivity index (χ0) is 18.8. The second-order valence-corrected chi connectivity index (χ2v) is 7.79. The number of fused-ring (bicyclic) bond motifs is 1. The zero-order valence-corrected chi connectivity index (χ0v) is 16.4. The number of carbonyl (C=O) groups excluding carboxylic acids is 1. The van der Waals surface area contributed by atoms with Gasteiger partial charge in [0.15, 0.2) is 0 Å². The number of amides is 1. The molecule has 1 fully saturated rings. The van der Waals surface area contributed by atoms with E-state index in [0.29, 0.717) is 5.71 Å². The molecule has 3 aromatic heterocycles. The SMILES string of the molecule is CCCN(C(=O)c1cccs1)C1CCN(c2ncnc3onc(C)c23)CC1. The summed E-state index contributed by atoms with van der Waals surface area (Å²) < 4.78 is 5.26. The molecule has 142 valence electrons. The van der Waals surface area contributed by atoms with Crippen LogP contribution in [0.15, 0.2) is 28.4 Å². The second kappa shape index (κ2) is 7.64. The molecule has 0 atom stereocenters. The van der Waals surface area contributed by atoms with Crippen molar-refractivity contribution < 1.29 is 9.32 Å². The van der Waals surface area contributed by atoms with Gasteiger partial charge in [-0.15, -0.1) is 11.3 Å². The molecule has 1 aliphatic rings. The molecule has 4 heterocycles. The van der Waals surface area contributed by atoms with Gasteiger partial charge < -0.3 is 14.3 Å². The number of nitrogens with zero attached hydrogens (tertiary/aromatic N) is 5. The van der Waals surface area contributed by atoms with Gasteiger partial charge in [-0.25, -0.2) is 4.98 Å². The van der Waals surface area contributed by atoms with Gasteiger partial charge in [-0.05, 0) is 37.6 Å². The van der Waals surface area contributed by atoms with Crippen LogP contribution in [0.1, 0.15) is 41.6 Å². The second-order valence-electron chi connectivity index (χ2n) is 6.84. The van der Waals surface area contributed by atoms with Gasteiger partial charge in [0.25, 0.3) is 11.6 Å². The zero-order valence-electron chi connectivity index (χ0n) is 15.6. The van der Waals surface area contributed by atoms with Crippen molar-refractivity contribution in [3.8, 4) is 0 Å². The maximum absolute atomic E-state index is 12.9. The van der Waals surface area contributed by atoms with Crippen molar-refractivity contribution in [3.05, 3.63) is 34.4 Å². The Morgan fingerprint density at radius 2 is 2.19 bits per heavy atom. The molecule has 0 aliphatic carbocycles. The van der Waals surface area contributed by atoms with E-state index >= 15 is 0 Å². The number of aromatic nitrogens is 3. The van der Waals surface area contributed by atoms with E-state index in [0.717, 1.165) is 60.7 Å². The highest BCUT2D eigenvalue weighted by atomic mass is 32.1. The van der Waals surface area contributed by atoms with Crippen LogP contribution in [0, 0.1) is 6.92 Å². The van der Waals surface area contributed by atoms with E-state index in [9.17, 15) is 4.79 Å². The summed E-state index contributed by atoms with van der Waals surface area (Å²) in [5, 5.41) is 6.86. The van der Waals surface area contributed by atoms with Gasteiger partial charge >= 0.3 is 0 Å². The molecule has 1 aliphatic heterocycles. The Bertz CT molecular complexity index is 915. The first-order valence-electron chi connectivity index (χ1n) is 9.35. The van der Waals surface area contributed by atoms with Crippen molar-refractivity contribution in [1.82, 2.24) is 20.0 Å². The molecule has 4 rings (SSSR count). The Morgan fingerprint density at radius 1 is 1.37 bits per heavy atom. The molecule has 0 unspecified atom stereocenters. The molecular weight excluding hydrogens is 362 g/mol. The molecule has 0 aromatic carbocycles. The summed E-state index contributed by atoms with van der Waals surface area (Å²) in [5.41, 5.74) is 1.34. The van der Waals surface area contributed by atoms with Crippen molar-refractivity contribution in [2.45, 2.75) is 39.2 Å². The van der Waals surface area contributed by atoms with Crippen LogP contribution in [-0.4, -0.2) is 51.6 Å². The van der Waals surface area contributed by atoms with Crippen LogP contribution in [0.25, 0.3) is 11.1 Å². The van der Waals surface area contributed by atoms with Gasteiger partial charge in [0.2, 0.25) is 0 Å². The minimum atomic E-state index is 0.157. The van der Waals surface area contributed by atoms with Gasteiger partial charge in [-0.3, -0.25) is 4.79 Å². The van der Waals surface area contributed by atoms with Crippen molar-refractivity contribution in [1.29, 1.82) is 0 Å². The highest BCUT2D eigenvalue weighted by Gasteiger charge is 2.30. The summed E-state index contributed by atoms with van der Waals surface area (Å²) in [5.74, 6) is 1.04. The van der Waals surface area contributed by atoms with E-state index in [4.69, 9.17) is 4.52 Å². The molecule has 8 heteroatoms. The fourth-order valence-corrected chi connectivity index (χ4v) is 4.44. The minimum Gasteiger partial charge on any atom is -0.356 e. The maximum atomic E-state index is 12.9. The van der Waals surface area contributed by atoms with Crippen LogP contribution in [-0.2, 0) is 0 Å². The van der Waals surface area contributed by atoms with E-state index in [2.05, 4.69) is 31.8 Å². The molecule has 7 nitrogen and oxygen atoms in total. The molecule has 1 amide bonds. The molecule has 1 saturated heterocycles. The van der Waals surface area contributed by atoms with Crippen molar-refractivity contribution in [3.63, 3.8) is 0 Å². The predicted octanol–water partition coefficient (Wildman–Crippen LogP) is 3.51. The van der Waals surface area contributed by atoms with Crippen LogP contribution in [0.2, 0.25) is 0 Å². The first-order chi connectivity index (χ1) is 13.2. The highest BCUT2D eigenvalue weighted by molar-refractivity contribution is 7.12. The van der Waals surface area contributed by atoms with Crippen molar-refractivity contribution in [2.24, 2.45) is 0 Å². The quantitative estimate of drug-likeness (QED) is 0.669. The van der Waals surface area contributed by atoms with E-state index in [1.54, 1.807) is 0 Å². The third-order valence-electron chi connectivity index (χ3n) is 5.09. The maximum Gasteiger partial charge on any atom is 0.264 e. The lowest BCUT2D eigenvalue weighted by molar-refractivity contribution is 0.0655. The van der Waals surface area contributed by atoms with Crippen LogP contribution in [0.4, 0.5) is 5.82 Å². The van der Waals surface area contributed by atoms with E-state index in [-0.39, 0.29) is 11.9 Å². The normalized spacial score (nSPS) is 15.4. The molecule has 0 spiro atoms. The predicted molar refractivity (Wildman–Crippen MR) is 105 cm³/mol. The average molecular weight is 385 g/mol. The number of hydrogen-bond acceptors (Lipinski definition) is 7. The number of rotatable bonds is 5. The fraction of sp³-hybridized carbons (Fsp3) is 0.474. The number of piperidine rings is 1. The Hall–Kier alpha value is -2.48. The highest BCUT2D eigenvalue weighted by Crippen LogP contribution is 2.29. The van der Waals surface area contributed by atoms with Gasteiger partial charge in [0.05, 0.1) is 10.6 Å². The van der Waals surface area contributed by atoms with Crippen molar-refractivity contribution >= 4 is 34.2 Å². The van der Waals surface area contributed by atoms with Crippen LogP contribution < -0.4 is 4.90 Å². The first kappa shape index (κ1) is 17.9. The average Bonchev–Trinajstić information content (AvgIpc) is 3.36. The number of anilines is 1. The number of thiophene rings is 1. The Labute approximate surface area is 162 Å². The molecule has 0 saturated carbocycles. The Balaban J connectivity index is 1.50. The summed E-state index contributed by atoms with van der Waals surface area (Å²) >= 11 is 1.51. The van der Waals surface area contributed by atoms with E-state index in [1.807, 2.05) is 24.4 Å². The van der Waals surface area contributed by atoms with Gasteiger partial charge in [-0.1, -0.05) is 18.1 Å². The summed E-state index contributed by atoms with van der Waals surface area (Å²) in [6, 6.07) is 4.11. The molecule has 27 heavy (non-hydrogen) atoms. The van der Waals surface area contributed by atoms with E-state index in [1.165, 1.54) is 17.7 Å². The standard InChI is InChI=1S/C19H23N5O2S/c1-3-8-24(19(25)15-5-4-11-27-15)14-6-9-23(10-7-14)17-16-13(2)22-26-18(16)21-12-20-17/h4-5,11-12,14H,3,6-10H2,1-2H3. The minimum absolute atomic E-state index is 0.157. The Morgan fingerprint density at radius 3 is 2.89 bits per heavy atom. The number of carbonyl (C=O) groups is 1. The summed E-state index contributed by atoms with van der Waals surface area (Å²) in [6.45, 7) is 6.52. The Kier molecular flexibility index (Phi) is 5.07. The third-order valence-corrected chi connectivity index (χ3v) is 5.94. The summed E-state index contributed by atoms with van der Waals surface area (Å²) in [6.07, 6.45) is 4.34. The lowest BCUT2D eigenvalue weighted by Crippen LogP contribution is -2.47. The van der Waals surface area contributed by atoms with Crippen LogP contribution in [0.5, 0.6) is 0 Å². The largest absolute Gasteiger partial charge is 0.356 e. The number of hydrogen-bond donors (Lipinski definition) is 0. The number of aryl methyl sites for hydroxylation is 1. The first-order valence-corrected chi connectivity index (χ1v) is 10.2. The van der Waals surface area contributed by atoms with Gasteiger partial charge in [-0.2, -0.15) is 4.98 Å². The van der Waals surface area contributed by atoms with E-state index < -0.39 is 0 Å². The molecular formula is C19H23N5O2S. The lowest BCUT2D eigenvalue weighted by Gasteiger charge is -2.39. The molecule has 0 bridgehead atoms.